The molecule has 1 fully saturated rings. The van der Waals surface area contributed by atoms with Crippen LogP contribution in [0.25, 0.3) is 10.9 Å². The summed E-state index contributed by atoms with van der Waals surface area (Å²) in [6.07, 6.45) is 3.34. The molecule has 9 nitrogen and oxygen atoms in total. The minimum atomic E-state index is -0.282. The third-order valence-corrected chi connectivity index (χ3v) is 5.38. The third kappa shape index (κ3) is 4.27. The number of rotatable bonds is 4. The van der Waals surface area contributed by atoms with Gasteiger partial charge in [-0.3, -0.25) is 4.79 Å². The van der Waals surface area contributed by atoms with Crippen molar-refractivity contribution in [1.29, 1.82) is 0 Å². The third-order valence-electron chi connectivity index (χ3n) is 5.38. The molecule has 2 atom stereocenters. The number of aryl methyl sites for hydroxylation is 2. The lowest BCUT2D eigenvalue weighted by molar-refractivity contribution is 0.102. The zero-order chi connectivity index (χ0) is 22.1. The van der Waals surface area contributed by atoms with E-state index in [0.29, 0.717) is 40.4 Å². The lowest BCUT2D eigenvalue weighted by Gasteiger charge is -2.38. The summed E-state index contributed by atoms with van der Waals surface area (Å²) >= 11 is 0. The molecule has 1 aliphatic rings. The SMILES string of the molecule is COc1ncc2c(N3C[C@@H](C)N[C@@H](C)C3)ccc(C(=O)Nc3cnc(C)nc3C)c2n1. The van der Waals surface area contributed by atoms with Crippen LogP contribution in [0.4, 0.5) is 11.4 Å². The average Bonchev–Trinajstić information content (AvgIpc) is 2.73. The summed E-state index contributed by atoms with van der Waals surface area (Å²) in [4.78, 5) is 32.8. The number of aromatic nitrogens is 4. The topological polar surface area (TPSA) is 105 Å². The monoisotopic (exact) mass is 421 g/mol. The van der Waals surface area contributed by atoms with Gasteiger partial charge in [0.25, 0.3) is 5.91 Å². The van der Waals surface area contributed by atoms with Crippen molar-refractivity contribution in [3.05, 3.63) is 41.6 Å². The Morgan fingerprint density at radius 2 is 1.87 bits per heavy atom. The quantitative estimate of drug-likeness (QED) is 0.662. The number of nitrogens with zero attached hydrogens (tertiary/aromatic N) is 5. The van der Waals surface area contributed by atoms with Crippen LogP contribution in [-0.2, 0) is 0 Å². The molecule has 1 amide bonds. The van der Waals surface area contributed by atoms with Gasteiger partial charge in [-0.2, -0.15) is 4.98 Å². The van der Waals surface area contributed by atoms with Gasteiger partial charge in [-0.1, -0.05) is 0 Å². The molecule has 3 aromatic rings. The number of methoxy groups -OCH3 is 1. The van der Waals surface area contributed by atoms with Crippen molar-refractivity contribution in [2.45, 2.75) is 39.8 Å². The van der Waals surface area contributed by atoms with Crippen LogP contribution in [-0.4, -0.2) is 58.1 Å². The van der Waals surface area contributed by atoms with E-state index in [2.05, 4.69) is 49.3 Å². The molecule has 2 N–H and O–H groups in total. The Labute approximate surface area is 181 Å². The van der Waals surface area contributed by atoms with E-state index in [9.17, 15) is 4.79 Å². The molecular weight excluding hydrogens is 394 g/mol. The van der Waals surface area contributed by atoms with Crippen molar-refractivity contribution in [3.8, 4) is 6.01 Å². The van der Waals surface area contributed by atoms with Crippen LogP contribution in [0.3, 0.4) is 0 Å². The summed E-state index contributed by atoms with van der Waals surface area (Å²) in [5.74, 6) is 0.372. The van der Waals surface area contributed by atoms with Gasteiger partial charge in [-0.25, -0.2) is 15.0 Å². The van der Waals surface area contributed by atoms with E-state index in [0.717, 1.165) is 24.2 Å². The Balaban J connectivity index is 1.76. The van der Waals surface area contributed by atoms with E-state index in [1.54, 1.807) is 18.5 Å². The summed E-state index contributed by atoms with van der Waals surface area (Å²) in [5, 5.41) is 7.26. The first-order chi connectivity index (χ1) is 14.9. The first-order valence-electron chi connectivity index (χ1n) is 10.3. The van der Waals surface area contributed by atoms with Crippen LogP contribution in [0.1, 0.15) is 35.7 Å². The second-order valence-electron chi connectivity index (χ2n) is 8.00. The highest BCUT2D eigenvalue weighted by atomic mass is 16.5. The molecule has 0 aliphatic carbocycles. The molecule has 0 bridgehead atoms. The van der Waals surface area contributed by atoms with Gasteiger partial charge >= 0.3 is 6.01 Å². The molecule has 9 heteroatoms. The maximum atomic E-state index is 13.2. The minimum Gasteiger partial charge on any atom is -0.467 e. The highest BCUT2D eigenvalue weighted by molar-refractivity contribution is 6.14. The number of benzene rings is 1. The maximum absolute atomic E-state index is 13.2. The zero-order valence-corrected chi connectivity index (χ0v) is 18.4. The summed E-state index contributed by atoms with van der Waals surface area (Å²) in [6.45, 7) is 9.69. The van der Waals surface area contributed by atoms with Crippen LogP contribution in [0.15, 0.2) is 24.5 Å². The Kier molecular flexibility index (Phi) is 5.69. The average molecular weight is 422 g/mol. The van der Waals surface area contributed by atoms with E-state index in [1.807, 2.05) is 19.9 Å². The lowest BCUT2D eigenvalue weighted by atomic mass is 10.0. The Bertz CT molecular complexity index is 1120. The molecule has 31 heavy (non-hydrogen) atoms. The number of piperazine rings is 1. The van der Waals surface area contributed by atoms with Crippen molar-refractivity contribution < 1.29 is 9.53 Å². The number of hydrogen-bond donors (Lipinski definition) is 2. The molecule has 1 saturated heterocycles. The van der Waals surface area contributed by atoms with Crippen LogP contribution in [0, 0.1) is 13.8 Å². The van der Waals surface area contributed by atoms with Crippen LogP contribution >= 0.6 is 0 Å². The van der Waals surface area contributed by atoms with Gasteiger partial charge in [-0.15, -0.1) is 0 Å². The number of anilines is 2. The van der Waals surface area contributed by atoms with Crippen molar-refractivity contribution in [2.75, 3.05) is 30.4 Å². The second-order valence-corrected chi connectivity index (χ2v) is 8.00. The summed E-state index contributed by atoms with van der Waals surface area (Å²) < 4.78 is 5.23. The highest BCUT2D eigenvalue weighted by Gasteiger charge is 2.24. The fraction of sp³-hybridized carbons (Fsp3) is 0.409. The highest BCUT2D eigenvalue weighted by Crippen LogP contribution is 2.31. The molecule has 162 valence electrons. The van der Waals surface area contributed by atoms with E-state index in [1.165, 1.54) is 7.11 Å². The molecule has 1 aromatic carbocycles. The van der Waals surface area contributed by atoms with Gasteiger partial charge in [-0.05, 0) is 39.8 Å². The van der Waals surface area contributed by atoms with Gasteiger partial charge < -0.3 is 20.3 Å². The van der Waals surface area contributed by atoms with Crippen molar-refractivity contribution in [1.82, 2.24) is 25.3 Å². The number of amides is 1. The van der Waals surface area contributed by atoms with Gasteiger partial charge in [0.05, 0.1) is 35.8 Å². The van der Waals surface area contributed by atoms with Gasteiger partial charge in [0.1, 0.15) is 5.82 Å². The second kappa shape index (κ2) is 8.43. The zero-order valence-electron chi connectivity index (χ0n) is 18.4. The molecule has 0 unspecified atom stereocenters. The summed E-state index contributed by atoms with van der Waals surface area (Å²) in [5.41, 5.74) is 3.27. The smallest absolute Gasteiger partial charge is 0.316 e. The molecular formula is C22H27N7O2. The molecule has 3 heterocycles. The summed E-state index contributed by atoms with van der Waals surface area (Å²) in [6, 6.07) is 4.70. The molecule has 0 spiro atoms. The van der Waals surface area contributed by atoms with Crippen LogP contribution in [0.5, 0.6) is 6.01 Å². The number of hydrogen-bond acceptors (Lipinski definition) is 8. The molecule has 0 radical (unpaired) electrons. The first-order valence-corrected chi connectivity index (χ1v) is 10.3. The van der Waals surface area contributed by atoms with Gasteiger partial charge in [0, 0.05) is 42.4 Å². The normalized spacial score (nSPS) is 18.8. The number of fused-ring (bicyclic) bond motifs is 1. The standard InChI is InChI=1S/C22H27N7O2/c1-12-10-29(11-13(2)25-12)19-7-6-16(20-17(19)8-24-22(28-20)31-5)21(30)27-18-9-23-15(4)26-14(18)3/h6-9,12-13,25H,10-11H2,1-5H3,(H,27,30)/t12-,13+. The van der Waals surface area contributed by atoms with E-state index >= 15 is 0 Å². The van der Waals surface area contributed by atoms with Crippen LogP contribution < -0.4 is 20.3 Å². The predicted octanol–water partition coefficient (Wildman–Crippen LogP) is 2.48. The Hall–Kier alpha value is -3.33. The fourth-order valence-corrected chi connectivity index (χ4v) is 4.07. The first kappa shape index (κ1) is 20.9. The largest absolute Gasteiger partial charge is 0.467 e. The number of ether oxygens (including phenoxy) is 1. The Morgan fingerprint density at radius 1 is 1.13 bits per heavy atom. The Morgan fingerprint density at radius 3 is 2.55 bits per heavy atom. The molecule has 2 aromatic heterocycles. The lowest BCUT2D eigenvalue weighted by Crippen LogP contribution is -2.54. The van der Waals surface area contributed by atoms with Crippen LogP contribution in [0.2, 0.25) is 0 Å². The number of carbonyl (C=O) groups excluding carboxylic acids is 1. The molecule has 4 rings (SSSR count). The van der Waals surface area contributed by atoms with Crippen molar-refractivity contribution in [3.63, 3.8) is 0 Å². The molecule has 0 saturated carbocycles. The number of carbonyl (C=O) groups is 1. The van der Waals surface area contributed by atoms with Crippen molar-refractivity contribution in [2.24, 2.45) is 0 Å². The maximum Gasteiger partial charge on any atom is 0.316 e. The van der Waals surface area contributed by atoms with Crippen molar-refractivity contribution >= 4 is 28.2 Å². The van der Waals surface area contributed by atoms with E-state index < -0.39 is 0 Å². The van der Waals surface area contributed by atoms with Gasteiger partial charge in [0.2, 0.25) is 0 Å². The van der Waals surface area contributed by atoms with E-state index in [-0.39, 0.29) is 11.9 Å². The minimum absolute atomic E-state index is 0.218. The summed E-state index contributed by atoms with van der Waals surface area (Å²) in [7, 11) is 1.51. The fourth-order valence-electron chi connectivity index (χ4n) is 4.07. The molecule has 1 aliphatic heterocycles. The number of nitrogens with one attached hydrogen (secondary N) is 2. The predicted molar refractivity (Wildman–Crippen MR) is 120 cm³/mol. The van der Waals surface area contributed by atoms with E-state index in [4.69, 9.17) is 4.74 Å². The van der Waals surface area contributed by atoms with Gasteiger partial charge in [0.15, 0.2) is 0 Å².